The molecule has 158 valence electrons. The van der Waals surface area contributed by atoms with E-state index in [-0.39, 0.29) is 23.6 Å². The van der Waals surface area contributed by atoms with Gasteiger partial charge in [-0.2, -0.15) is 0 Å². The molecule has 2 atom stereocenters. The molecule has 0 saturated heterocycles. The molecule has 0 aliphatic carbocycles. The number of carbonyl (C=O) groups is 2. The molecule has 0 aromatic heterocycles. The lowest BCUT2D eigenvalue weighted by atomic mass is 9.96. The summed E-state index contributed by atoms with van der Waals surface area (Å²) in [6.45, 7) is 4.81. The zero-order valence-corrected chi connectivity index (χ0v) is 17.4. The number of hydrogen-bond donors (Lipinski definition) is 2. The van der Waals surface area contributed by atoms with Crippen LogP contribution in [-0.4, -0.2) is 27.9 Å². The van der Waals surface area contributed by atoms with E-state index in [1.54, 1.807) is 0 Å². The summed E-state index contributed by atoms with van der Waals surface area (Å²) in [5.74, 6) is -3.38. The van der Waals surface area contributed by atoms with Gasteiger partial charge in [0.05, 0.1) is 18.2 Å². The predicted molar refractivity (Wildman–Crippen MR) is 115 cm³/mol. The molecule has 0 fully saturated rings. The third-order valence-corrected chi connectivity index (χ3v) is 4.67. The van der Waals surface area contributed by atoms with Crippen molar-refractivity contribution in [3.8, 4) is 0 Å². The van der Waals surface area contributed by atoms with E-state index in [0.29, 0.717) is 6.42 Å². The Labute approximate surface area is 176 Å². The molecule has 2 unspecified atom stereocenters. The Kier molecular flexibility index (Phi) is 8.35. The first-order valence-electron chi connectivity index (χ1n) is 9.82. The summed E-state index contributed by atoms with van der Waals surface area (Å²) in [6, 6.07) is 18.5. The second kappa shape index (κ2) is 11.0. The highest BCUT2D eigenvalue weighted by molar-refractivity contribution is 6.24. The monoisotopic (exact) mass is 409 g/mol. The molecule has 0 radical (unpaired) electrons. The number of carbonyl (C=O) groups excluding carboxylic acids is 1. The first kappa shape index (κ1) is 22.9. The minimum Gasteiger partial charge on any atom is -0.512 e. The quantitative estimate of drug-likeness (QED) is 0.266. The highest BCUT2D eigenvalue weighted by Gasteiger charge is 2.30. The van der Waals surface area contributed by atoms with Crippen LogP contribution in [0.15, 0.2) is 77.0 Å². The normalized spacial score (nSPS) is 14.4. The molecule has 2 aromatic carbocycles. The van der Waals surface area contributed by atoms with Crippen LogP contribution in [0, 0.1) is 5.92 Å². The van der Waals surface area contributed by atoms with Crippen molar-refractivity contribution in [2.45, 2.75) is 39.8 Å². The molecule has 30 heavy (non-hydrogen) atoms. The first-order chi connectivity index (χ1) is 14.3. The third kappa shape index (κ3) is 6.04. The maximum Gasteiger partial charge on any atom is 0.344 e. The average molecular weight is 409 g/mol. The number of aliphatic hydroxyl groups excluding tert-OH is 1. The molecular weight excluding hydrogens is 382 g/mol. The van der Waals surface area contributed by atoms with Gasteiger partial charge in [-0.05, 0) is 31.4 Å². The van der Waals surface area contributed by atoms with Gasteiger partial charge in [0, 0.05) is 0 Å². The summed E-state index contributed by atoms with van der Waals surface area (Å²) in [6.07, 6.45) is 0.00179. The lowest BCUT2D eigenvalue weighted by molar-refractivity contribution is -0.144. The molecular formula is C24H27NO5. The number of carboxylic acid groups (broad SMARTS) is 1. The third-order valence-electron chi connectivity index (χ3n) is 4.67. The summed E-state index contributed by atoms with van der Waals surface area (Å²) < 4.78 is 5.64. The molecule has 2 N–H and O–H groups in total. The second-order valence-corrected chi connectivity index (χ2v) is 6.92. The van der Waals surface area contributed by atoms with Crippen molar-refractivity contribution in [2.24, 2.45) is 10.9 Å². The molecule has 0 saturated carbocycles. The number of rotatable bonds is 9. The maximum atomic E-state index is 13.0. The van der Waals surface area contributed by atoms with Gasteiger partial charge in [-0.15, -0.1) is 0 Å². The molecule has 0 aliphatic rings. The van der Waals surface area contributed by atoms with E-state index in [0.717, 1.165) is 11.1 Å². The van der Waals surface area contributed by atoms with Crippen LogP contribution in [0.3, 0.4) is 0 Å². The van der Waals surface area contributed by atoms with Crippen LogP contribution in [-0.2, 0) is 20.9 Å². The number of hydrogen-bond acceptors (Lipinski definition) is 5. The number of benzene rings is 2. The highest BCUT2D eigenvalue weighted by Crippen LogP contribution is 2.24. The smallest absolute Gasteiger partial charge is 0.344 e. The Bertz CT molecular complexity index is 915. The van der Waals surface area contributed by atoms with Crippen molar-refractivity contribution in [3.63, 3.8) is 0 Å². The van der Waals surface area contributed by atoms with Gasteiger partial charge in [-0.3, -0.25) is 9.79 Å². The molecule has 2 rings (SSSR count). The van der Waals surface area contributed by atoms with E-state index in [1.165, 1.54) is 13.8 Å². The Morgan fingerprint density at radius 1 is 1.00 bits per heavy atom. The van der Waals surface area contributed by atoms with Gasteiger partial charge in [0.15, 0.2) is 0 Å². The Hall–Kier alpha value is -3.41. The molecule has 6 nitrogen and oxygen atoms in total. The lowest BCUT2D eigenvalue weighted by Crippen LogP contribution is -2.29. The van der Waals surface area contributed by atoms with Crippen molar-refractivity contribution < 1.29 is 24.5 Å². The summed E-state index contributed by atoms with van der Waals surface area (Å²) >= 11 is 0. The number of carboxylic acids is 1. The first-order valence-corrected chi connectivity index (χ1v) is 9.82. The maximum absolute atomic E-state index is 13.0. The van der Waals surface area contributed by atoms with E-state index in [4.69, 9.17) is 4.74 Å². The molecule has 6 heteroatoms. The number of allylic oxidation sites excluding steroid dienone is 1. The van der Waals surface area contributed by atoms with Crippen molar-refractivity contribution in [2.75, 3.05) is 0 Å². The lowest BCUT2D eigenvalue weighted by Gasteiger charge is -2.20. The summed E-state index contributed by atoms with van der Waals surface area (Å²) in [5, 5.41) is 19.8. The Balaban J connectivity index is 2.37. The van der Waals surface area contributed by atoms with E-state index in [2.05, 4.69) is 4.99 Å². The van der Waals surface area contributed by atoms with Gasteiger partial charge >= 0.3 is 11.9 Å². The Morgan fingerprint density at radius 3 is 2.07 bits per heavy atom. The van der Waals surface area contributed by atoms with Crippen molar-refractivity contribution >= 4 is 17.7 Å². The van der Waals surface area contributed by atoms with Gasteiger partial charge in [-0.1, -0.05) is 67.6 Å². The average Bonchev–Trinajstić information content (AvgIpc) is 2.75. The zero-order chi connectivity index (χ0) is 22.1. The van der Waals surface area contributed by atoms with Crippen molar-refractivity contribution in [3.05, 3.63) is 83.1 Å². The molecule has 0 heterocycles. The number of nitrogens with zero attached hydrogens (tertiary/aromatic N) is 1. The molecule has 0 aliphatic heterocycles. The number of ether oxygens (including phenoxy) is 1. The van der Waals surface area contributed by atoms with E-state index < -0.39 is 24.0 Å². The van der Waals surface area contributed by atoms with E-state index in [1.807, 2.05) is 67.6 Å². The fraction of sp³-hybridized carbons (Fsp3) is 0.292. The van der Waals surface area contributed by atoms with E-state index >= 15 is 0 Å². The van der Waals surface area contributed by atoms with Crippen LogP contribution in [0.1, 0.15) is 44.4 Å². The van der Waals surface area contributed by atoms with Gasteiger partial charge in [0.2, 0.25) is 0 Å². The van der Waals surface area contributed by atoms with Crippen molar-refractivity contribution in [1.82, 2.24) is 0 Å². The zero-order valence-electron chi connectivity index (χ0n) is 17.4. The van der Waals surface area contributed by atoms with Gasteiger partial charge in [-0.25, -0.2) is 4.79 Å². The SMILES string of the molecule is CCC(OC(=O)C(C(=NCc1ccccc1)C(C)C(=O)O)=C(C)O)c1ccccc1. The minimum atomic E-state index is -1.15. The fourth-order valence-electron chi connectivity index (χ4n) is 2.99. The molecule has 0 spiro atoms. The summed E-state index contributed by atoms with van der Waals surface area (Å²) in [7, 11) is 0. The van der Waals surface area contributed by atoms with Gasteiger partial charge in [0.25, 0.3) is 0 Å². The topological polar surface area (TPSA) is 96.2 Å². The number of aliphatic imine (C=N–C) groups is 1. The molecule has 0 bridgehead atoms. The van der Waals surface area contributed by atoms with Crippen LogP contribution >= 0.6 is 0 Å². The van der Waals surface area contributed by atoms with E-state index in [9.17, 15) is 19.8 Å². The van der Waals surface area contributed by atoms with Crippen LogP contribution in [0.2, 0.25) is 0 Å². The minimum absolute atomic E-state index is 0.0146. The van der Waals surface area contributed by atoms with Crippen LogP contribution in [0.25, 0.3) is 0 Å². The van der Waals surface area contributed by atoms with Crippen LogP contribution in [0.5, 0.6) is 0 Å². The van der Waals surface area contributed by atoms with Crippen molar-refractivity contribution in [1.29, 1.82) is 0 Å². The summed E-state index contributed by atoms with van der Waals surface area (Å²) in [4.78, 5) is 29.0. The summed E-state index contributed by atoms with van der Waals surface area (Å²) in [5.41, 5.74) is 1.44. The fourth-order valence-corrected chi connectivity index (χ4v) is 2.99. The van der Waals surface area contributed by atoms with Gasteiger partial charge in [0.1, 0.15) is 17.4 Å². The standard InChI is InChI=1S/C24H27NO5/c1-4-20(19-13-9-6-10-14-19)30-24(29)21(17(3)26)22(16(2)23(27)28)25-15-18-11-7-5-8-12-18/h5-14,16,20,26H,4,15H2,1-3H3,(H,27,28). The largest absolute Gasteiger partial charge is 0.512 e. The Morgan fingerprint density at radius 2 is 1.57 bits per heavy atom. The molecule has 2 aromatic rings. The second-order valence-electron chi connectivity index (χ2n) is 6.92. The number of aliphatic carboxylic acids is 1. The highest BCUT2D eigenvalue weighted by atomic mass is 16.5. The van der Waals surface area contributed by atoms with Crippen LogP contribution < -0.4 is 0 Å². The number of esters is 1. The predicted octanol–water partition coefficient (Wildman–Crippen LogP) is 4.87. The molecule has 0 amide bonds. The van der Waals surface area contributed by atoms with Gasteiger partial charge < -0.3 is 14.9 Å². The number of aliphatic hydroxyl groups is 1. The van der Waals surface area contributed by atoms with Crippen LogP contribution in [0.4, 0.5) is 0 Å².